The smallest absolute Gasteiger partial charge is 0.165 e. The first-order valence-corrected chi connectivity index (χ1v) is 9.60. The molecule has 3 atom stereocenters. The van der Waals surface area contributed by atoms with Gasteiger partial charge in [-0.15, -0.1) is 0 Å². The number of hydrogen-bond donors (Lipinski definition) is 2. The predicted octanol–water partition coefficient (Wildman–Crippen LogP) is 1.51. The SMILES string of the molecule is CCC1NNC2CCN(c3nc(-c4cccnc4)nc4c3cnn4C)CC12. The van der Waals surface area contributed by atoms with Crippen molar-refractivity contribution in [3.8, 4) is 11.4 Å². The molecule has 5 heterocycles. The Bertz CT molecular complexity index is 947. The minimum Gasteiger partial charge on any atom is -0.355 e. The number of aromatic nitrogens is 5. The maximum Gasteiger partial charge on any atom is 0.165 e. The average Bonchev–Trinajstić information content (AvgIpc) is 3.31. The molecular formula is C19H24N8. The second-order valence-electron chi connectivity index (χ2n) is 7.43. The van der Waals surface area contributed by atoms with E-state index in [4.69, 9.17) is 9.97 Å². The molecule has 3 unspecified atom stereocenters. The van der Waals surface area contributed by atoms with E-state index in [1.807, 2.05) is 36.3 Å². The molecule has 0 spiro atoms. The van der Waals surface area contributed by atoms with Crippen LogP contribution in [0, 0.1) is 5.92 Å². The number of piperidine rings is 1. The van der Waals surface area contributed by atoms with Crippen molar-refractivity contribution in [1.29, 1.82) is 0 Å². The van der Waals surface area contributed by atoms with Gasteiger partial charge < -0.3 is 4.90 Å². The molecule has 0 radical (unpaired) electrons. The van der Waals surface area contributed by atoms with E-state index in [0.717, 1.165) is 48.3 Å². The van der Waals surface area contributed by atoms with E-state index >= 15 is 0 Å². The van der Waals surface area contributed by atoms with Crippen LogP contribution in [0.4, 0.5) is 5.82 Å². The standard InChI is InChI=1S/C19H24N8/c1-3-15-14-11-27(8-6-16(14)25-24-15)19-13-10-21-26(2)18(13)22-17(23-19)12-5-4-7-20-9-12/h4-5,7,9-10,14-16,24-25H,3,6,8,11H2,1-2H3. The van der Waals surface area contributed by atoms with Crippen LogP contribution in [0.2, 0.25) is 0 Å². The number of hydrogen-bond acceptors (Lipinski definition) is 7. The van der Waals surface area contributed by atoms with E-state index in [1.54, 1.807) is 6.20 Å². The molecule has 8 nitrogen and oxygen atoms in total. The number of rotatable bonds is 3. The van der Waals surface area contributed by atoms with Crippen molar-refractivity contribution in [2.45, 2.75) is 31.8 Å². The first-order valence-electron chi connectivity index (χ1n) is 9.60. The number of fused-ring (bicyclic) bond motifs is 2. The van der Waals surface area contributed by atoms with E-state index in [-0.39, 0.29) is 0 Å². The summed E-state index contributed by atoms with van der Waals surface area (Å²) < 4.78 is 1.82. The zero-order valence-electron chi connectivity index (χ0n) is 15.6. The van der Waals surface area contributed by atoms with Gasteiger partial charge in [0.15, 0.2) is 11.5 Å². The van der Waals surface area contributed by atoms with Crippen LogP contribution in [0.15, 0.2) is 30.7 Å². The molecule has 0 amide bonds. The van der Waals surface area contributed by atoms with Crippen LogP contribution >= 0.6 is 0 Å². The molecule has 0 aromatic carbocycles. The Morgan fingerprint density at radius 1 is 1.22 bits per heavy atom. The maximum absolute atomic E-state index is 4.95. The summed E-state index contributed by atoms with van der Waals surface area (Å²) in [5, 5.41) is 5.44. The number of nitrogens with zero attached hydrogens (tertiary/aromatic N) is 6. The van der Waals surface area contributed by atoms with E-state index in [0.29, 0.717) is 23.8 Å². The summed E-state index contributed by atoms with van der Waals surface area (Å²) in [6.45, 7) is 4.20. The number of anilines is 1. The number of hydrazine groups is 1. The molecule has 2 saturated heterocycles. The van der Waals surface area contributed by atoms with Gasteiger partial charge in [-0.25, -0.2) is 9.97 Å². The van der Waals surface area contributed by atoms with Crippen molar-refractivity contribution in [2.24, 2.45) is 13.0 Å². The summed E-state index contributed by atoms with van der Waals surface area (Å²) in [6, 6.07) is 4.95. The van der Waals surface area contributed by atoms with Crippen LogP contribution in [0.3, 0.4) is 0 Å². The normalized spacial score (nSPS) is 25.1. The highest BCUT2D eigenvalue weighted by Crippen LogP contribution is 2.32. The molecule has 2 N–H and O–H groups in total. The van der Waals surface area contributed by atoms with Gasteiger partial charge in [-0.1, -0.05) is 6.92 Å². The molecule has 2 aliphatic heterocycles. The van der Waals surface area contributed by atoms with Gasteiger partial charge in [0.05, 0.1) is 11.6 Å². The average molecular weight is 364 g/mol. The monoisotopic (exact) mass is 364 g/mol. The molecule has 3 aromatic rings. The lowest BCUT2D eigenvalue weighted by Crippen LogP contribution is -2.46. The first-order chi connectivity index (χ1) is 13.2. The van der Waals surface area contributed by atoms with E-state index < -0.39 is 0 Å². The molecule has 2 aliphatic rings. The van der Waals surface area contributed by atoms with E-state index in [1.165, 1.54) is 0 Å². The minimum atomic E-state index is 0.502. The summed E-state index contributed by atoms with van der Waals surface area (Å²) >= 11 is 0. The van der Waals surface area contributed by atoms with E-state index in [9.17, 15) is 0 Å². The molecule has 27 heavy (non-hydrogen) atoms. The molecule has 8 heteroatoms. The number of aryl methyl sites for hydroxylation is 1. The lowest BCUT2D eigenvalue weighted by molar-refractivity contribution is 0.348. The number of nitrogens with one attached hydrogen (secondary N) is 2. The molecule has 2 fully saturated rings. The Morgan fingerprint density at radius 3 is 2.96 bits per heavy atom. The van der Waals surface area contributed by atoms with Crippen molar-refractivity contribution in [3.05, 3.63) is 30.7 Å². The highest BCUT2D eigenvalue weighted by Gasteiger charge is 2.39. The summed E-state index contributed by atoms with van der Waals surface area (Å²) in [6.07, 6.45) is 7.68. The van der Waals surface area contributed by atoms with Gasteiger partial charge in [0.1, 0.15) is 5.82 Å². The Morgan fingerprint density at radius 2 is 2.15 bits per heavy atom. The Kier molecular flexibility index (Phi) is 4.02. The van der Waals surface area contributed by atoms with Crippen molar-refractivity contribution in [1.82, 2.24) is 35.6 Å². The number of pyridine rings is 1. The Labute approximate surface area is 158 Å². The van der Waals surface area contributed by atoms with Gasteiger partial charge in [0, 0.05) is 56.1 Å². The van der Waals surface area contributed by atoms with Gasteiger partial charge in [0.25, 0.3) is 0 Å². The molecule has 140 valence electrons. The zero-order valence-corrected chi connectivity index (χ0v) is 15.6. The molecule has 0 aliphatic carbocycles. The molecule has 0 saturated carbocycles. The predicted molar refractivity (Wildman–Crippen MR) is 104 cm³/mol. The lowest BCUT2D eigenvalue weighted by Gasteiger charge is -2.37. The van der Waals surface area contributed by atoms with Gasteiger partial charge in [-0.05, 0) is 25.0 Å². The molecule has 3 aromatic heterocycles. The van der Waals surface area contributed by atoms with Gasteiger partial charge in [-0.3, -0.25) is 20.5 Å². The van der Waals surface area contributed by atoms with Crippen LogP contribution in [-0.2, 0) is 7.05 Å². The topological polar surface area (TPSA) is 83.8 Å². The largest absolute Gasteiger partial charge is 0.355 e. The zero-order chi connectivity index (χ0) is 18.4. The highest BCUT2D eigenvalue weighted by molar-refractivity contribution is 5.88. The summed E-state index contributed by atoms with van der Waals surface area (Å²) in [5.41, 5.74) is 8.72. The molecular weight excluding hydrogens is 340 g/mol. The summed E-state index contributed by atoms with van der Waals surface area (Å²) in [5.74, 6) is 2.26. The fourth-order valence-corrected chi connectivity index (χ4v) is 4.36. The van der Waals surface area contributed by atoms with Crippen LogP contribution in [0.5, 0.6) is 0 Å². The Hall–Kier alpha value is -2.58. The van der Waals surface area contributed by atoms with Crippen LogP contribution in [0.1, 0.15) is 19.8 Å². The highest BCUT2D eigenvalue weighted by atomic mass is 15.4. The van der Waals surface area contributed by atoms with E-state index in [2.05, 4.69) is 32.8 Å². The van der Waals surface area contributed by atoms with Crippen molar-refractivity contribution in [3.63, 3.8) is 0 Å². The second-order valence-corrected chi connectivity index (χ2v) is 7.43. The minimum absolute atomic E-state index is 0.502. The molecule has 5 rings (SSSR count). The maximum atomic E-state index is 4.95. The van der Waals surface area contributed by atoms with Gasteiger partial charge in [-0.2, -0.15) is 5.10 Å². The van der Waals surface area contributed by atoms with Gasteiger partial charge in [0.2, 0.25) is 0 Å². The van der Waals surface area contributed by atoms with Crippen LogP contribution < -0.4 is 15.8 Å². The Balaban J connectivity index is 1.58. The van der Waals surface area contributed by atoms with Crippen LogP contribution in [-0.4, -0.2) is 49.9 Å². The second kappa shape index (κ2) is 6.54. The third-order valence-electron chi connectivity index (χ3n) is 5.86. The third-order valence-corrected chi connectivity index (χ3v) is 5.86. The van der Waals surface area contributed by atoms with Crippen molar-refractivity contribution < 1.29 is 0 Å². The van der Waals surface area contributed by atoms with Gasteiger partial charge >= 0.3 is 0 Å². The first kappa shape index (κ1) is 16.6. The lowest BCUT2D eigenvalue weighted by atomic mass is 9.87. The fraction of sp³-hybridized carbons (Fsp3) is 0.474. The van der Waals surface area contributed by atoms with Crippen molar-refractivity contribution >= 4 is 16.9 Å². The third kappa shape index (κ3) is 2.76. The van der Waals surface area contributed by atoms with Crippen molar-refractivity contribution in [2.75, 3.05) is 18.0 Å². The summed E-state index contributed by atoms with van der Waals surface area (Å²) in [7, 11) is 1.93. The van der Waals surface area contributed by atoms with Crippen LogP contribution in [0.25, 0.3) is 22.4 Å². The quantitative estimate of drug-likeness (QED) is 0.729. The fourth-order valence-electron chi connectivity index (χ4n) is 4.36. The molecule has 0 bridgehead atoms. The summed E-state index contributed by atoms with van der Waals surface area (Å²) in [4.78, 5) is 16.3.